The predicted octanol–water partition coefficient (Wildman–Crippen LogP) is 1.67. The van der Waals surface area contributed by atoms with Crippen LogP contribution in [0, 0.1) is 5.92 Å². The molecule has 0 aromatic heterocycles. The van der Waals surface area contributed by atoms with Gasteiger partial charge < -0.3 is 10.1 Å². The normalized spacial score (nSPS) is 30.9. The Bertz CT molecular complexity index is 433. The van der Waals surface area contributed by atoms with Gasteiger partial charge in [0.05, 0.1) is 0 Å². The summed E-state index contributed by atoms with van der Waals surface area (Å²) in [4.78, 5) is 2.67. The zero-order valence-corrected chi connectivity index (χ0v) is 11.3. The maximum absolute atomic E-state index is 6.10. The number of hydrogen-bond donors (Lipinski definition) is 1. The van der Waals surface area contributed by atoms with Crippen LogP contribution in [0.3, 0.4) is 0 Å². The molecule has 102 valence electrons. The van der Waals surface area contributed by atoms with Crippen molar-refractivity contribution in [2.45, 2.75) is 31.4 Å². The predicted molar refractivity (Wildman–Crippen MR) is 75.5 cm³/mol. The molecule has 0 amide bonds. The molecule has 1 aromatic carbocycles. The Morgan fingerprint density at radius 3 is 3.00 bits per heavy atom. The summed E-state index contributed by atoms with van der Waals surface area (Å²) >= 11 is 0. The first-order valence-corrected chi connectivity index (χ1v) is 7.59. The first-order chi connectivity index (χ1) is 9.40. The fourth-order valence-electron chi connectivity index (χ4n) is 3.56. The van der Waals surface area contributed by atoms with Crippen LogP contribution in [0.5, 0.6) is 5.75 Å². The molecule has 0 radical (unpaired) electrons. The highest BCUT2D eigenvalue weighted by molar-refractivity contribution is 5.37. The minimum absolute atomic E-state index is 0.358. The fourth-order valence-corrected chi connectivity index (χ4v) is 3.56. The van der Waals surface area contributed by atoms with Crippen molar-refractivity contribution in [2.24, 2.45) is 5.92 Å². The Balaban J connectivity index is 1.41. The molecule has 3 heteroatoms. The zero-order chi connectivity index (χ0) is 12.7. The number of para-hydroxylation sites is 1. The third-order valence-electron chi connectivity index (χ3n) is 4.72. The van der Waals surface area contributed by atoms with E-state index in [9.17, 15) is 0 Å². The van der Waals surface area contributed by atoms with Gasteiger partial charge >= 0.3 is 0 Å². The van der Waals surface area contributed by atoms with E-state index in [-0.39, 0.29) is 0 Å². The average Bonchev–Trinajstić information content (AvgIpc) is 3.19. The highest BCUT2D eigenvalue weighted by atomic mass is 16.5. The van der Waals surface area contributed by atoms with E-state index in [2.05, 4.69) is 34.5 Å². The van der Waals surface area contributed by atoms with Crippen LogP contribution < -0.4 is 10.1 Å². The highest BCUT2D eigenvalue weighted by Crippen LogP contribution is 2.36. The van der Waals surface area contributed by atoms with Gasteiger partial charge in [-0.1, -0.05) is 18.2 Å². The molecule has 1 aromatic rings. The first-order valence-electron chi connectivity index (χ1n) is 7.59. The van der Waals surface area contributed by atoms with E-state index in [0.717, 1.165) is 37.2 Å². The molecule has 2 heterocycles. The summed E-state index contributed by atoms with van der Waals surface area (Å²) in [7, 11) is 0. The van der Waals surface area contributed by atoms with Crippen LogP contribution in [0.4, 0.5) is 0 Å². The second-order valence-corrected chi connectivity index (χ2v) is 6.16. The van der Waals surface area contributed by atoms with Crippen LogP contribution in [-0.2, 0) is 6.42 Å². The minimum Gasteiger partial charge on any atom is -0.488 e. The number of nitrogens with zero attached hydrogens (tertiary/aromatic N) is 1. The van der Waals surface area contributed by atoms with E-state index in [1.165, 1.54) is 31.5 Å². The monoisotopic (exact) mass is 258 g/mol. The average molecular weight is 258 g/mol. The third kappa shape index (κ3) is 2.37. The molecule has 3 aliphatic rings. The van der Waals surface area contributed by atoms with Crippen molar-refractivity contribution < 1.29 is 4.74 Å². The van der Waals surface area contributed by atoms with E-state index in [1.54, 1.807) is 0 Å². The van der Waals surface area contributed by atoms with Crippen LogP contribution >= 0.6 is 0 Å². The van der Waals surface area contributed by atoms with Crippen molar-refractivity contribution >= 4 is 0 Å². The topological polar surface area (TPSA) is 24.5 Å². The van der Waals surface area contributed by atoms with Gasteiger partial charge in [0.25, 0.3) is 0 Å². The lowest BCUT2D eigenvalue weighted by Crippen LogP contribution is -2.54. The van der Waals surface area contributed by atoms with Crippen molar-refractivity contribution in [2.75, 3.05) is 26.2 Å². The smallest absolute Gasteiger partial charge is 0.123 e. The van der Waals surface area contributed by atoms with Crippen LogP contribution in [0.15, 0.2) is 24.3 Å². The lowest BCUT2D eigenvalue weighted by Gasteiger charge is -2.37. The second kappa shape index (κ2) is 4.80. The SMILES string of the molecule is c1ccc2c(c1)CC(CN1CCNCC1C1CC1)O2. The quantitative estimate of drug-likeness (QED) is 0.892. The minimum atomic E-state index is 0.358. The molecular formula is C16H22N2O. The summed E-state index contributed by atoms with van der Waals surface area (Å²) in [6.07, 6.45) is 4.29. The summed E-state index contributed by atoms with van der Waals surface area (Å²) in [6, 6.07) is 9.24. The molecule has 1 saturated carbocycles. The second-order valence-electron chi connectivity index (χ2n) is 6.16. The third-order valence-corrected chi connectivity index (χ3v) is 4.72. The Hall–Kier alpha value is -1.06. The Morgan fingerprint density at radius 2 is 2.16 bits per heavy atom. The zero-order valence-electron chi connectivity index (χ0n) is 11.3. The van der Waals surface area contributed by atoms with Crippen molar-refractivity contribution in [1.29, 1.82) is 0 Å². The van der Waals surface area contributed by atoms with Crippen molar-refractivity contribution in [3.63, 3.8) is 0 Å². The highest BCUT2D eigenvalue weighted by Gasteiger charge is 2.38. The summed E-state index contributed by atoms with van der Waals surface area (Å²) in [6.45, 7) is 4.57. The van der Waals surface area contributed by atoms with Gasteiger partial charge in [-0.25, -0.2) is 0 Å². The molecular weight excluding hydrogens is 236 g/mol. The van der Waals surface area contributed by atoms with E-state index < -0.39 is 0 Å². The summed E-state index contributed by atoms with van der Waals surface area (Å²) in [5, 5.41) is 3.55. The molecule has 2 atom stereocenters. The van der Waals surface area contributed by atoms with Crippen LogP contribution in [0.2, 0.25) is 0 Å². The Morgan fingerprint density at radius 1 is 1.26 bits per heavy atom. The van der Waals surface area contributed by atoms with Gasteiger partial charge in [0.2, 0.25) is 0 Å². The van der Waals surface area contributed by atoms with Crippen molar-refractivity contribution in [3.8, 4) is 5.75 Å². The van der Waals surface area contributed by atoms with Crippen LogP contribution in [0.1, 0.15) is 18.4 Å². The van der Waals surface area contributed by atoms with Crippen molar-refractivity contribution in [1.82, 2.24) is 10.2 Å². The number of benzene rings is 1. The molecule has 2 fully saturated rings. The van der Waals surface area contributed by atoms with Crippen LogP contribution in [0.25, 0.3) is 0 Å². The van der Waals surface area contributed by atoms with Gasteiger partial charge in [-0.2, -0.15) is 0 Å². The first kappa shape index (κ1) is 11.7. The van der Waals surface area contributed by atoms with Crippen LogP contribution in [-0.4, -0.2) is 43.2 Å². The maximum Gasteiger partial charge on any atom is 0.123 e. The maximum atomic E-state index is 6.10. The number of piperazine rings is 1. The van der Waals surface area contributed by atoms with E-state index in [0.29, 0.717) is 6.10 Å². The number of rotatable bonds is 3. The molecule has 3 nitrogen and oxygen atoms in total. The van der Waals surface area contributed by atoms with Crippen molar-refractivity contribution in [3.05, 3.63) is 29.8 Å². The molecule has 4 rings (SSSR count). The molecule has 1 aliphatic carbocycles. The van der Waals surface area contributed by atoms with E-state index in [1.807, 2.05) is 0 Å². The number of fused-ring (bicyclic) bond motifs is 1. The molecule has 2 aliphatic heterocycles. The molecule has 1 saturated heterocycles. The summed E-state index contributed by atoms with van der Waals surface area (Å²) in [5.41, 5.74) is 1.38. The summed E-state index contributed by atoms with van der Waals surface area (Å²) < 4.78 is 6.10. The van der Waals surface area contributed by atoms with E-state index in [4.69, 9.17) is 4.74 Å². The lowest BCUT2D eigenvalue weighted by atomic mass is 10.1. The van der Waals surface area contributed by atoms with E-state index >= 15 is 0 Å². The van der Waals surface area contributed by atoms with Gasteiger partial charge in [-0.05, 0) is 30.4 Å². The lowest BCUT2D eigenvalue weighted by molar-refractivity contribution is 0.0882. The number of ether oxygens (including phenoxy) is 1. The van der Waals surface area contributed by atoms with Gasteiger partial charge in [-0.3, -0.25) is 4.90 Å². The molecule has 0 spiro atoms. The van der Waals surface area contributed by atoms with Gasteiger partial charge in [0, 0.05) is 38.6 Å². The van der Waals surface area contributed by atoms with Gasteiger partial charge in [0.1, 0.15) is 11.9 Å². The Labute approximate surface area is 114 Å². The summed E-state index contributed by atoms with van der Waals surface area (Å²) in [5.74, 6) is 2.04. The molecule has 19 heavy (non-hydrogen) atoms. The van der Waals surface area contributed by atoms with Gasteiger partial charge in [0.15, 0.2) is 0 Å². The standard InChI is InChI=1S/C16H22N2O/c1-2-4-16-13(3-1)9-14(19-16)11-18-8-7-17-10-15(18)12-5-6-12/h1-4,12,14-15,17H,5-11H2. The number of hydrogen-bond acceptors (Lipinski definition) is 3. The molecule has 1 N–H and O–H groups in total. The largest absolute Gasteiger partial charge is 0.488 e. The number of nitrogens with one attached hydrogen (secondary N) is 1. The molecule has 0 bridgehead atoms. The molecule has 2 unspecified atom stereocenters. The van der Waals surface area contributed by atoms with Gasteiger partial charge in [-0.15, -0.1) is 0 Å². The fraction of sp³-hybridized carbons (Fsp3) is 0.625. The Kier molecular flexibility index (Phi) is 2.97.